The summed E-state index contributed by atoms with van der Waals surface area (Å²) in [6, 6.07) is 19.2. The Morgan fingerprint density at radius 3 is 2.66 bits per heavy atom. The maximum atomic E-state index is 15.2. The Hall–Kier alpha value is -3.18. The molecule has 0 saturated heterocycles. The van der Waals surface area contributed by atoms with Gasteiger partial charge in [0, 0.05) is 35.9 Å². The number of aryl methyl sites for hydroxylation is 1. The molecule has 0 amide bonds. The minimum Gasteiger partial charge on any atom is -0.469 e. The molecule has 4 nitrogen and oxygen atoms in total. The fourth-order valence-electron chi connectivity index (χ4n) is 4.42. The fourth-order valence-corrected chi connectivity index (χ4v) is 4.42. The van der Waals surface area contributed by atoms with E-state index in [0.717, 1.165) is 41.8 Å². The molecule has 0 fully saturated rings. The Bertz CT molecular complexity index is 1130. The van der Waals surface area contributed by atoms with Gasteiger partial charge in [-0.15, -0.1) is 0 Å². The van der Waals surface area contributed by atoms with Crippen molar-refractivity contribution in [3.8, 4) is 11.1 Å². The highest BCUT2D eigenvalue weighted by atomic mass is 19.1. The van der Waals surface area contributed by atoms with Crippen molar-refractivity contribution in [1.82, 2.24) is 0 Å². The number of anilines is 1. The van der Waals surface area contributed by atoms with Crippen molar-refractivity contribution in [3.05, 3.63) is 88.7 Å². The molecular formula is C27H29FN2O2. The lowest BCUT2D eigenvalue weighted by atomic mass is 9.94. The van der Waals surface area contributed by atoms with Crippen LogP contribution in [0.25, 0.3) is 11.1 Å². The Morgan fingerprint density at radius 2 is 1.91 bits per heavy atom. The van der Waals surface area contributed by atoms with Crippen molar-refractivity contribution in [2.24, 2.45) is 5.73 Å². The van der Waals surface area contributed by atoms with E-state index in [2.05, 4.69) is 23.1 Å². The zero-order valence-electron chi connectivity index (χ0n) is 18.6. The molecule has 0 saturated carbocycles. The molecule has 0 bridgehead atoms. The lowest BCUT2D eigenvalue weighted by Crippen LogP contribution is -2.29. The summed E-state index contributed by atoms with van der Waals surface area (Å²) in [5.74, 6) is -0.503. The number of esters is 1. The second kappa shape index (κ2) is 9.53. The molecule has 1 atom stereocenters. The molecule has 4 rings (SSSR count). The number of fused-ring (bicyclic) bond motifs is 1. The van der Waals surface area contributed by atoms with Gasteiger partial charge >= 0.3 is 5.97 Å². The zero-order chi connectivity index (χ0) is 22.7. The lowest BCUT2D eigenvalue weighted by molar-refractivity contribution is -0.139. The molecule has 166 valence electrons. The number of benzene rings is 3. The van der Waals surface area contributed by atoms with E-state index in [1.807, 2.05) is 36.4 Å². The number of nitrogens with two attached hydrogens (primary N) is 1. The first kappa shape index (κ1) is 22.0. The summed E-state index contributed by atoms with van der Waals surface area (Å²) in [4.78, 5) is 14.2. The average molecular weight is 433 g/mol. The second-order valence-electron chi connectivity index (χ2n) is 8.39. The lowest BCUT2D eigenvalue weighted by Gasteiger charge is -2.32. The van der Waals surface area contributed by atoms with E-state index in [4.69, 9.17) is 10.5 Å². The molecule has 1 aliphatic rings. The van der Waals surface area contributed by atoms with Crippen LogP contribution in [0.1, 0.15) is 41.6 Å². The minimum atomic E-state index is -0.365. The Balaban J connectivity index is 1.68. The predicted octanol–water partition coefficient (Wildman–Crippen LogP) is 5.18. The third-order valence-corrected chi connectivity index (χ3v) is 6.17. The van der Waals surface area contributed by atoms with E-state index in [1.165, 1.54) is 12.7 Å². The van der Waals surface area contributed by atoms with Gasteiger partial charge in [-0.1, -0.05) is 54.6 Å². The van der Waals surface area contributed by atoms with E-state index in [-0.39, 0.29) is 24.2 Å². The molecule has 3 aromatic rings. The molecule has 0 unspecified atom stereocenters. The predicted molar refractivity (Wildman–Crippen MR) is 126 cm³/mol. The van der Waals surface area contributed by atoms with Gasteiger partial charge in [-0.3, -0.25) is 4.79 Å². The maximum absolute atomic E-state index is 15.2. The molecule has 2 N–H and O–H groups in total. The monoisotopic (exact) mass is 432 g/mol. The van der Waals surface area contributed by atoms with Gasteiger partial charge in [0.05, 0.1) is 13.5 Å². The largest absolute Gasteiger partial charge is 0.469 e. The van der Waals surface area contributed by atoms with E-state index in [9.17, 15) is 4.79 Å². The van der Waals surface area contributed by atoms with Gasteiger partial charge in [-0.2, -0.15) is 0 Å². The summed E-state index contributed by atoms with van der Waals surface area (Å²) in [6.45, 7) is 3.39. The van der Waals surface area contributed by atoms with Crippen LogP contribution in [-0.2, 0) is 28.9 Å². The molecular weight excluding hydrogens is 403 g/mol. The van der Waals surface area contributed by atoms with E-state index >= 15 is 4.39 Å². The zero-order valence-corrected chi connectivity index (χ0v) is 18.6. The molecule has 0 spiro atoms. The van der Waals surface area contributed by atoms with Crippen LogP contribution in [0.4, 0.5) is 10.1 Å². The molecule has 0 radical (unpaired) electrons. The summed E-state index contributed by atoms with van der Waals surface area (Å²) < 4.78 is 20.0. The smallest absolute Gasteiger partial charge is 0.309 e. The van der Waals surface area contributed by atoms with Crippen LogP contribution in [0.15, 0.2) is 60.7 Å². The number of nitrogens with zero attached hydrogens (tertiary/aromatic N) is 1. The van der Waals surface area contributed by atoms with Gasteiger partial charge < -0.3 is 15.4 Å². The van der Waals surface area contributed by atoms with Crippen molar-refractivity contribution < 1.29 is 13.9 Å². The molecule has 5 heteroatoms. The number of halogens is 1. The van der Waals surface area contributed by atoms with Gasteiger partial charge in [0.25, 0.3) is 0 Å². The third-order valence-electron chi connectivity index (χ3n) is 6.17. The molecule has 32 heavy (non-hydrogen) atoms. The van der Waals surface area contributed by atoms with Gasteiger partial charge in [0.1, 0.15) is 5.82 Å². The van der Waals surface area contributed by atoms with Crippen LogP contribution < -0.4 is 10.6 Å². The van der Waals surface area contributed by atoms with Crippen LogP contribution in [0, 0.1) is 5.82 Å². The fraction of sp³-hybridized carbons (Fsp3) is 0.296. The van der Waals surface area contributed by atoms with Gasteiger partial charge in [0.15, 0.2) is 0 Å². The minimum absolute atomic E-state index is 0.247. The third kappa shape index (κ3) is 4.53. The van der Waals surface area contributed by atoms with Gasteiger partial charge in [-0.05, 0) is 48.1 Å². The highest BCUT2D eigenvalue weighted by molar-refractivity contribution is 5.74. The summed E-state index contributed by atoms with van der Waals surface area (Å²) in [6.07, 6.45) is 2.31. The number of carbonyl (C=O) groups is 1. The Morgan fingerprint density at radius 1 is 1.12 bits per heavy atom. The van der Waals surface area contributed by atoms with Gasteiger partial charge in [-0.25, -0.2) is 4.39 Å². The van der Waals surface area contributed by atoms with Crippen LogP contribution in [-0.4, -0.2) is 19.6 Å². The first-order valence-corrected chi connectivity index (χ1v) is 11.0. The normalized spacial score (nSPS) is 14.1. The molecule has 3 aromatic carbocycles. The number of hydrogen-bond donors (Lipinski definition) is 1. The van der Waals surface area contributed by atoms with Crippen molar-refractivity contribution in [2.75, 3.05) is 18.6 Å². The first-order chi connectivity index (χ1) is 15.5. The average Bonchev–Trinajstić information content (AvgIpc) is 2.80. The van der Waals surface area contributed by atoms with Gasteiger partial charge in [0.2, 0.25) is 0 Å². The standard InChI is InChI=1S/C27H29FN2O2/c1-18(29)23-10-5-11-24(27(23)28)21-13-12-19-9-6-14-30(25(19)15-21)17-22-8-4-3-7-20(22)16-26(31)32-2/h3-5,7-8,10-13,15,18H,6,9,14,16-17,29H2,1-2H3/t18-/m1/s1. The summed E-state index contributed by atoms with van der Waals surface area (Å²) in [7, 11) is 1.41. The topological polar surface area (TPSA) is 55.6 Å². The van der Waals surface area contributed by atoms with E-state index in [1.54, 1.807) is 13.0 Å². The van der Waals surface area contributed by atoms with E-state index < -0.39 is 0 Å². The quantitative estimate of drug-likeness (QED) is 0.545. The highest BCUT2D eigenvalue weighted by Gasteiger charge is 2.21. The number of rotatable bonds is 6. The highest BCUT2D eigenvalue weighted by Crippen LogP contribution is 2.35. The Kier molecular flexibility index (Phi) is 6.56. The summed E-state index contributed by atoms with van der Waals surface area (Å²) in [5, 5.41) is 0. The van der Waals surface area contributed by atoms with Crippen LogP contribution >= 0.6 is 0 Å². The molecule has 0 aromatic heterocycles. The molecule has 0 aliphatic carbocycles. The van der Waals surface area contributed by atoms with Crippen LogP contribution in [0.5, 0.6) is 0 Å². The SMILES string of the molecule is COC(=O)Cc1ccccc1CN1CCCc2ccc(-c3cccc([C@@H](C)N)c3F)cc21. The summed E-state index contributed by atoms with van der Waals surface area (Å²) in [5.41, 5.74) is 12.3. The molecule has 1 heterocycles. The first-order valence-electron chi connectivity index (χ1n) is 11.0. The van der Waals surface area contributed by atoms with Crippen molar-refractivity contribution in [2.45, 2.75) is 38.8 Å². The second-order valence-corrected chi connectivity index (χ2v) is 8.39. The Labute approximate surface area is 188 Å². The van der Waals surface area contributed by atoms with Crippen LogP contribution in [0.2, 0.25) is 0 Å². The van der Waals surface area contributed by atoms with Crippen molar-refractivity contribution >= 4 is 11.7 Å². The molecule has 1 aliphatic heterocycles. The van der Waals surface area contributed by atoms with Crippen LogP contribution in [0.3, 0.4) is 0 Å². The van der Waals surface area contributed by atoms with Crippen molar-refractivity contribution in [3.63, 3.8) is 0 Å². The number of methoxy groups -OCH3 is 1. The number of hydrogen-bond acceptors (Lipinski definition) is 4. The summed E-state index contributed by atoms with van der Waals surface area (Å²) >= 11 is 0. The number of carbonyl (C=O) groups excluding carboxylic acids is 1. The van der Waals surface area contributed by atoms with Crippen molar-refractivity contribution in [1.29, 1.82) is 0 Å². The van der Waals surface area contributed by atoms with E-state index in [0.29, 0.717) is 17.7 Å². The number of ether oxygens (including phenoxy) is 1. The maximum Gasteiger partial charge on any atom is 0.309 e.